The van der Waals surface area contributed by atoms with Gasteiger partial charge < -0.3 is 14.6 Å². The quantitative estimate of drug-likeness (QED) is 0.535. The number of hydrogen-bond acceptors (Lipinski definition) is 5. The molecule has 0 aliphatic heterocycles. The van der Waals surface area contributed by atoms with Gasteiger partial charge in [-0.05, 0) is 58.4 Å². The van der Waals surface area contributed by atoms with Crippen molar-refractivity contribution in [2.75, 3.05) is 18.2 Å². The van der Waals surface area contributed by atoms with Crippen LogP contribution >= 0.6 is 39.3 Å². The SMILES string of the molecule is COc1ccc(-c2nnc(SCC(=O)Nc3ccc(Br)c(Cl)c3)n2C)cc1. The summed E-state index contributed by atoms with van der Waals surface area (Å²) in [6, 6.07) is 12.8. The van der Waals surface area contributed by atoms with Crippen LogP contribution in [-0.2, 0) is 11.8 Å². The van der Waals surface area contributed by atoms with Crippen molar-refractivity contribution in [1.82, 2.24) is 14.8 Å². The number of carbonyl (C=O) groups is 1. The first kappa shape index (κ1) is 19.7. The second-order valence-corrected chi connectivity index (χ2v) is 7.76. The summed E-state index contributed by atoms with van der Waals surface area (Å²) in [6.45, 7) is 0. The summed E-state index contributed by atoms with van der Waals surface area (Å²) in [5, 5.41) is 12.4. The number of anilines is 1. The molecule has 140 valence electrons. The molecule has 6 nitrogen and oxygen atoms in total. The van der Waals surface area contributed by atoms with Crippen molar-refractivity contribution >= 4 is 50.9 Å². The molecule has 1 N–H and O–H groups in total. The van der Waals surface area contributed by atoms with Crippen molar-refractivity contribution in [2.45, 2.75) is 5.16 Å². The zero-order chi connectivity index (χ0) is 19.4. The minimum absolute atomic E-state index is 0.146. The number of rotatable bonds is 6. The summed E-state index contributed by atoms with van der Waals surface area (Å²) in [6.07, 6.45) is 0. The minimum Gasteiger partial charge on any atom is -0.497 e. The Hall–Kier alpha value is -2.03. The fraction of sp³-hybridized carbons (Fsp3) is 0.167. The summed E-state index contributed by atoms with van der Waals surface area (Å²) in [5.41, 5.74) is 1.57. The smallest absolute Gasteiger partial charge is 0.234 e. The Balaban J connectivity index is 1.63. The van der Waals surface area contributed by atoms with Gasteiger partial charge in [0.1, 0.15) is 5.75 Å². The lowest BCUT2D eigenvalue weighted by Crippen LogP contribution is -2.14. The largest absolute Gasteiger partial charge is 0.497 e. The van der Waals surface area contributed by atoms with Gasteiger partial charge in [-0.15, -0.1) is 10.2 Å². The highest BCUT2D eigenvalue weighted by atomic mass is 79.9. The van der Waals surface area contributed by atoms with Crippen LogP contribution in [0.4, 0.5) is 5.69 Å². The predicted molar refractivity (Wildman–Crippen MR) is 111 cm³/mol. The third-order valence-corrected chi connectivity index (χ3v) is 5.97. The molecule has 27 heavy (non-hydrogen) atoms. The summed E-state index contributed by atoms with van der Waals surface area (Å²) < 4.78 is 7.80. The number of thioether (sulfide) groups is 1. The maximum atomic E-state index is 12.2. The molecule has 3 aromatic rings. The molecule has 3 rings (SSSR count). The Labute approximate surface area is 174 Å². The molecular weight excluding hydrogens is 452 g/mol. The first-order valence-electron chi connectivity index (χ1n) is 7.89. The van der Waals surface area contributed by atoms with Crippen LogP contribution in [-0.4, -0.2) is 33.5 Å². The molecule has 0 saturated carbocycles. The van der Waals surface area contributed by atoms with Crippen LogP contribution in [0.5, 0.6) is 5.75 Å². The normalized spacial score (nSPS) is 10.7. The van der Waals surface area contributed by atoms with Crippen LogP contribution in [0.2, 0.25) is 5.02 Å². The topological polar surface area (TPSA) is 69.0 Å². The number of aromatic nitrogens is 3. The second-order valence-electron chi connectivity index (χ2n) is 5.56. The highest BCUT2D eigenvalue weighted by Gasteiger charge is 2.13. The maximum Gasteiger partial charge on any atom is 0.234 e. The van der Waals surface area contributed by atoms with E-state index in [1.165, 1.54) is 11.8 Å². The van der Waals surface area contributed by atoms with Crippen LogP contribution in [0.15, 0.2) is 52.1 Å². The van der Waals surface area contributed by atoms with Gasteiger partial charge in [0.2, 0.25) is 5.91 Å². The third kappa shape index (κ3) is 4.82. The minimum atomic E-state index is -0.146. The lowest BCUT2D eigenvalue weighted by molar-refractivity contribution is -0.113. The molecule has 2 aromatic carbocycles. The lowest BCUT2D eigenvalue weighted by Gasteiger charge is -2.07. The van der Waals surface area contributed by atoms with Gasteiger partial charge in [-0.3, -0.25) is 4.79 Å². The van der Waals surface area contributed by atoms with E-state index in [1.54, 1.807) is 25.3 Å². The molecule has 9 heteroatoms. The summed E-state index contributed by atoms with van der Waals surface area (Å²) >= 11 is 10.7. The predicted octanol–water partition coefficient (Wildman–Crippen LogP) is 4.64. The van der Waals surface area contributed by atoms with Crippen LogP contribution in [0.3, 0.4) is 0 Å². The molecule has 0 bridgehead atoms. The van der Waals surface area contributed by atoms with Crippen molar-refractivity contribution in [3.8, 4) is 17.1 Å². The molecule has 0 fully saturated rings. The molecule has 0 saturated heterocycles. The number of benzene rings is 2. The van der Waals surface area contributed by atoms with E-state index in [1.807, 2.05) is 35.9 Å². The van der Waals surface area contributed by atoms with E-state index in [9.17, 15) is 4.79 Å². The van der Waals surface area contributed by atoms with E-state index in [0.29, 0.717) is 15.9 Å². The monoisotopic (exact) mass is 466 g/mol. The molecule has 0 unspecified atom stereocenters. The van der Waals surface area contributed by atoms with E-state index < -0.39 is 0 Å². The number of nitrogens with one attached hydrogen (secondary N) is 1. The van der Waals surface area contributed by atoms with Crippen molar-refractivity contribution in [3.63, 3.8) is 0 Å². The van der Waals surface area contributed by atoms with E-state index in [0.717, 1.165) is 21.6 Å². The maximum absolute atomic E-state index is 12.2. The third-order valence-electron chi connectivity index (χ3n) is 3.72. The molecular formula is C18H16BrClN4O2S. The second kappa shape index (κ2) is 8.77. The standard InChI is InChI=1S/C18H16BrClN4O2S/c1-24-17(11-3-6-13(26-2)7-4-11)22-23-18(24)27-10-16(25)21-12-5-8-14(19)15(20)9-12/h3-9H,10H2,1-2H3,(H,21,25). The van der Waals surface area contributed by atoms with Crippen LogP contribution < -0.4 is 10.1 Å². The number of ether oxygens (including phenoxy) is 1. The number of methoxy groups -OCH3 is 1. The Morgan fingerprint density at radius 3 is 2.67 bits per heavy atom. The molecule has 0 atom stereocenters. The molecule has 1 heterocycles. The van der Waals surface area contributed by atoms with Crippen LogP contribution in [0, 0.1) is 0 Å². The molecule has 0 aliphatic rings. The highest BCUT2D eigenvalue weighted by molar-refractivity contribution is 9.10. The number of halogens is 2. The highest BCUT2D eigenvalue weighted by Crippen LogP contribution is 2.27. The number of amides is 1. The van der Waals surface area contributed by atoms with Gasteiger partial charge in [0.05, 0.1) is 17.9 Å². The van der Waals surface area contributed by atoms with Gasteiger partial charge >= 0.3 is 0 Å². The molecule has 1 amide bonds. The first-order chi connectivity index (χ1) is 13.0. The molecule has 1 aromatic heterocycles. The summed E-state index contributed by atoms with van der Waals surface area (Å²) in [7, 11) is 3.49. The van der Waals surface area contributed by atoms with Crippen LogP contribution in [0.1, 0.15) is 0 Å². The first-order valence-corrected chi connectivity index (χ1v) is 10.0. The Morgan fingerprint density at radius 2 is 2.00 bits per heavy atom. The Bertz CT molecular complexity index is 962. The Morgan fingerprint density at radius 1 is 1.26 bits per heavy atom. The van der Waals surface area contributed by atoms with E-state index in [2.05, 4.69) is 31.4 Å². The zero-order valence-corrected chi connectivity index (χ0v) is 17.7. The van der Waals surface area contributed by atoms with Gasteiger partial charge in [-0.25, -0.2) is 0 Å². The van der Waals surface area contributed by atoms with Crippen molar-refractivity contribution in [2.24, 2.45) is 7.05 Å². The molecule has 0 radical (unpaired) electrons. The van der Waals surface area contributed by atoms with Gasteiger partial charge in [-0.1, -0.05) is 23.4 Å². The fourth-order valence-corrected chi connectivity index (χ4v) is 3.47. The van der Waals surface area contributed by atoms with Crippen molar-refractivity contribution in [1.29, 1.82) is 0 Å². The number of hydrogen-bond donors (Lipinski definition) is 1. The molecule has 0 spiro atoms. The average Bonchev–Trinajstić information content (AvgIpc) is 3.03. The van der Waals surface area contributed by atoms with Crippen molar-refractivity contribution in [3.05, 3.63) is 52.0 Å². The summed E-state index contributed by atoms with van der Waals surface area (Å²) in [4.78, 5) is 12.2. The van der Waals surface area contributed by atoms with Crippen molar-refractivity contribution < 1.29 is 9.53 Å². The van der Waals surface area contributed by atoms with E-state index in [4.69, 9.17) is 16.3 Å². The lowest BCUT2D eigenvalue weighted by atomic mass is 10.2. The van der Waals surface area contributed by atoms with E-state index in [-0.39, 0.29) is 11.7 Å². The summed E-state index contributed by atoms with van der Waals surface area (Å²) in [5.74, 6) is 1.57. The number of carbonyl (C=O) groups excluding carboxylic acids is 1. The average molecular weight is 468 g/mol. The van der Waals surface area contributed by atoms with E-state index >= 15 is 0 Å². The number of nitrogens with zero attached hydrogens (tertiary/aromatic N) is 3. The zero-order valence-electron chi connectivity index (χ0n) is 14.6. The Kier molecular flexibility index (Phi) is 6.41. The van der Waals surface area contributed by atoms with Gasteiger partial charge in [-0.2, -0.15) is 0 Å². The van der Waals surface area contributed by atoms with Crippen LogP contribution in [0.25, 0.3) is 11.4 Å². The molecule has 0 aliphatic carbocycles. The van der Waals surface area contributed by atoms with Gasteiger partial charge in [0.25, 0.3) is 0 Å². The van der Waals surface area contributed by atoms with Gasteiger partial charge in [0, 0.05) is 22.8 Å². The van der Waals surface area contributed by atoms with Gasteiger partial charge in [0.15, 0.2) is 11.0 Å². The fourth-order valence-electron chi connectivity index (χ4n) is 2.33.